The first-order valence-corrected chi connectivity index (χ1v) is 7.33. The SMILES string of the molecule is Cc1c(NCC(O)CO)cccc1C(=O)Nc1nccs1. The summed E-state index contributed by atoms with van der Waals surface area (Å²) in [6, 6.07) is 5.31. The lowest BCUT2D eigenvalue weighted by molar-refractivity contribution is 0.102. The summed E-state index contributed by atoms with van der Waals surface area (Å²) in [5.74, 6) is -0.228. The summed E-state index contributed by atoms with van der Waals surface area (Å²) in [5, 5.41) is 26.3. The van der Waals surface area contributed by atoms with Gasteiger partial charge in [0.15, 0.2) is 5.13 Å². The van der Waals surface area contributed by atoms with E-state index in [9.17, 15) is 9.90 Å². The van der Waals surface area contributed by atoms with Crippen molar-refractivity contribution in [1.82, 2.24) is 4.98 Å². The third-order valence-corrected chi connectivity index (χ3v) is 3.66. The Labute approximate surface area is 126 Å². The monoisotopic (exact) mass is 307 g/mol. The van der Waals surface area contributed by atoms with Crippen molar-refractivity contribution in [1.29, 1.82) is 0 Å². The summed E-state index contributed by atoms with van der Waals surface area (Å²) in [5.41, 5.74) is 2.06. The van der Waals surface area contributed by atoms with Crippen molar-refractivity contribution in [2.24, 2.45) is 0 Å². The number of anilines is 2. The quantitative estimate of drug-likeness (QED) is 0.648. The highest BCUT2D eigenvalue weighted by Gasteiger charge is 2.13. The van der Waals surface area contributed by atoms with Crippen LogP contribution in [0, 0.1) is 6.92 Å². The Balaban J connectivity index is 2.11. The van der Waals surface area contributed by atoms with Crippen molar-refractivity contribution < 1.29 is 15.0 Å². The summed E-state index contributed by atoms with van der Waals surface area (Å²) in [6.07, 6.45) is 0.790. The molecule has 0 aliphatic rings. The number of thiazole rings is 1. The van der Waals surface area contributed by atoms with E-state index in [1.807, 2.05) is 13.0 Å². The molecular formula is C14H17N3O3S. The van der Waals surface area contributed by atoms with Gasteiger partial charge in [0.1, 0.15) is 0 Å². The first-order chi connectivity index (χ1) is 10.1. The van der Waals surface area contributed by atoms with Crippen molar-refractivity contribution in [3.8, 4) is 0 Å². The zero-order valence-corrected chi connectivity index (χ0v) is 12.4. The Kier molecular flexibility index (Phi) is 5.26. The zero-order valence-electron chi connectivity index (χ0n) is 11.5. The summed E-state index contributed by atoms with van der Waals surface area (Å²) in [4.78, 5) is 16.2. The molecule has 2 aromatic rings. The molecule has 1 heterocycles. The zero-order chi connectivity index (χ0) is 15.2. The van der Waals surface area contributed by atoms with Crippen molar-refractivity contribution >= 4 is 28.1 Å². The topological polar surface area (TPSA) is 94.5 Å². The van der Waals surface area contributed by atoms with E-state index < -0.39 is 6.10 Å². The molecule has 1 atom stereocenters. The van der Waals surface area contributed by atoms with E-state index in [1.165, 1.54) is 11.3 Å². The van der Waals surface area contributed by atoms with Gasteiger partial charge in [-0.1, -0.05) is 6.07 Å². The number of amides is 1. The molecule has 0 spiro atoms. The van der Waals surface area contributed by atoms with Crippen molar-refractivity contribution in [2.45, 2.75) is 13.0 Å². The third kappa shape index (κ3) is 4.01. The van der Waals surface area contributed by atoms with E-state index in [0.29, 0.717) is 10.7 Å². The van der Waals surface area contributed by atoms with Gasteiger partial charge < -0.3 is 15.5 Å². The molecule has 0 saturated carbocycles. The first kappa shape index (κ1) is 15.4. The highest BCUT2D eigenvalue weighted by Crippen LogP contribution is 2.20. The fourth-order valence-corrected chi connectivity index (χ4v) is 2.34. The minimum atomic E-state index is -0.836. The van der Waals surface area contributed by atoms with Gasteiger partial charge in [0.05, 0.1) is 12.7 Å². The van der Waals surface area contributed by atoms with Gasteiger partial charge in [-0.25, -0.2) is 4.98 Å². The van der Waals surface area contributed by atoms with Crippen LogP contribution in [0.4, 0.5) is 10.8 Å². The molecule has 0 radical (unpaired) electrons. The Morgan fingerprint density at radius 1 is 1.48 bits per heavy atom. The highest BCUT2D eigenvalue weighted by molar-refractivity contribution is 7.13. The van der Waals surface area contributed by atoms with Crippen molar-refractivity contribution in [2.75, 3.05) is 23.8 Å². The maximum absolute atomic E-state index is 12.2. The highest BCUT2D eigenvalue weighted by atomic mass is 32.1. The number of hydrogen-bond donors (Lipinski definition) is 4. The van der Waals surface area contributed by atoms with Gasteiger partial charge in [0.25, 0.3) is 5.91 Å². The summed E-state index contributed by atoms with van der Waals surface area (Å²) in [7, 11) is 0. The smallest absolute Gasteiger partial charge is 0.257 e. The molecule has 21 heavy (non-hydrogen) atoms. The predicted molar refractivity (Wildman–Crippen MR) is 82.8 cm³/mol. The molecule has 1 aromatic heterocycles. The van der Waals surface area contributed by atoms with E-state index in [2.05, 4.69) is 15.6 Å². The summed E-state index contributed by atoms with van der Waals surface area (Å²) in [6.45, 7) is 1.73. The van der Waals surface area contributed by atoms with Crippen molar-refractivity contribution in [3.05, 3.63) is 40.9 Å². The Morgan fingerprint density at radius 3 is 2.95 bits per heavy atom. The lowest BCUT2D eigenvalue weighted by atomic mass is 10.1. The third-order valence-electron chi connectivity index (χ3n) is 2.97. The van der Waals surface area contributed by atoms with Crippen LogP contribution in [0.5, 0.6) is 0 Å². The number of aromatic nitrogens is 1. The molecule has 1 amide bonds. The molecule has 1 unspecified atom stereocenters. The molecule has 6 nitrogen and oxygen atoms in total. The number of benzene rings is 1. The predicted octanol–water partition coefficient (Wildman–Crippen LogP) is 1.47. The van der Waals surface area contributed by atoms with E-state index in [-0.39, 0.29) is 19.1 Å². The summed E-state index contributed by atoms with van der Waals surface area (Å²) >= 11 is 1.35. The molecule has 0 aliphatic carbocycles. The maximum Gasteiger partial charge on any atom is 0.257 e. The fourth-order valence-electron chi connectivity index (χ4n) is 1.82. The van der Waals surface area contributed by atoms with Crippen LogP contribution in [0.25, 0.3) is 0 Å². The molecule has 0 aliphatic heterocycles. The molecule has 0 saturated heterocycles. The van der Waals surface area contributed by atoms with Gasteiger partial charge in [0.2, 0.25) is 0 Å². The van der Waals surface area contributed by atoms with Gasteiger partial charge in [-0.2, -0.15) is 0 Å². The normalized spacial score (nSPS) is 12.0. The first-order valence-electron chi connectivity index (χ1n) is 6.45. The van der Waals surface area contributed by atoms with E-state index in [4.69, 9.17) is 5.11 Å². The second-order valence-electron chi connectivity index (χ2n) is 4.49. The lowest BCUT2D eigenvalue weighted by Crippen LogP contribution is -2.23. The fraction of sp³-hybridized carbons (Fsp3) is 0.286. The maximum atomic E-state index is 12.2. The van der Waals surface area contributed by atoms with Gasteiger partial charge >= 0.3 is 0 Å². The Morgan fingerprint density at radius 2 is 2.29 bits per heavy atom. The van der Waals surface area contributed by atoms with Crippen LogP contribution in [0.3, 0.4) is 0 Å². The average molecular weight is 307 g/mol. The number of nitrogens with one attached hydrogen (secondary N) is 2. The van der Waals surface area contributed by atoms with Crippen LogP contribution in [0.2, 0.25) is 0 Å². The van der Waals surface area contributed by atoms with E-state index in [1.54, 1.807) is 23.7 Å². The standard InChI is InChI=1S/C14H17N3O3S/c1-9-11(13(20)17-14-15-5-6-21-14)3-2-4-12(9)16-7-10(19)8-18/h2-6,10,16,18-19H,7-8H2,1H3,(H,15,17,20). The van der Waals surface area contributed by atoms with Gasteiger partial charge in [-0.15, -0.1) is 11.3 Å². The number of carbonyl (C=O) groups is 1. The Hall–Kier alpha value is -1.96. The van der Waals surface area contributed by atoms with Crippen LogP contribution in [-0.2, 0) is 0 Å². The molecule has 1 aromatic carbocycles. The number of carbonyl (C=O) groups excluding carboxylic acids is 1. The second-order valence-corrected chi connectivity index (χ2v) is 5.38. The van der Waals surface area contributed by atoms with Crippen molar-refractivity contribution in [3.63, 3.8) is 0 Å². The van der Waals surface area contributed by atoms with Crippen LogP contribution in [0.1, 0.15) is 15.9 Å². The number of aliphatic hydroxyl groups is 2. The number of nitrogens with zero attached hydrogens (tertiary/aromatic N) is 1. The van der Waals surface area contributed by atoms with Crippen LogP contribution >= 0.6 is 11.3 Å². The van der Waals surface area contributed by atoms with Crippen LogP contribution < -0.4 is 10.6 Å². The van der Waals surface area contributed by atoms with Crippen LogP contribution in [-0.4, -0.2) is 40.4 Å². The largest absolute Gasteiger partial charge is 0.394 e. The molecular weight excluding hydrogens is 290 g/mol. The second kappa shape index (κ2) is 7.16. The van der Waals surface area contributed by atoms with Gasteiger partial charge in [-0.05, 0) is 24.6 Å². The minimum absolute atomic E-state index is 0.217. The number of aliphatic hydroxyl groups excluding tert-OH is 2. The average Bonchev–Trinajstić information content (AvgIpc) is 2.98. The molecule has 2 rings (SSSR count). The minimum Gasteiger partial charge on any atom is -0.394 e. The summed E-state index contributed by atoms with van der Waals surface area (Å²) < 4.78 is 0. The molecule has 7 heteroatoms. The molecule has 0 fully saturated rings. The number of hydrogen-bond acceptors (Lipinski definition) is 6. The molecule has 112 valence electrons. The molecule has 0 bridgehead atoms. The van der Waals surface area contributed by atoms with E-state index in [0.717, 1.165) is 11.3 Å². The molecule has 4 N–H and O–H groups in total. The number of rotatable bonds is 6. The lowest BCUT2D eigenvalue weighted by Gasteiger charge is -2.14. The van der Waals surface area contributed by atoms with Gasteiger partial charge in [0, 0.05) is 29.4 Å². The van der Waals surface area contributed by atoms with Gasteiger partial charge in [-0.3, -0.25) is 10.1 Å². The Bertz CT molecular complexity index is 602. The van der Waals surface area contributed by atoms with Crippen LogP contribution in [0.15, 0.2) is 29.8 Å². The van der Waals surface area contributed by atoms with E-state index >= 15 is 0 Å².